The fraction of sp³-hybridized carbons (Fsp3) is 0.516. The number of carbonyl (C=O) groups excluding carboxylic acids is 2. The van der Waals surface area contributed by atoms with Gasteiger partial charge in [0.15, 0.2) is 11.5 Å². The summed E-state index contributed by atoms with van der Waals surface area (Å²) in [5.41, 5.74) is 2.60. The molecule has 2 aromatic heterocycles. The number of halogens is 1. The molecule has 0 unspecified atom stereocenters. The summed E-state index contributed by atoms with van der Waals surface area (Å²) < 4.78 is 13.4. The number of aromatic nitrogens is 2. The van der Waals surface area contributed by atoms with Crippen LogP contribution in [0.4, 0.5) is 10.5 Å². The molecule has 1 fully saturated rings. The van der Waals surface area contributed by atoms with Crippen LogP contribution in [0.3, 0.4) is 0 Å². The van der Waals surface area contributed by atoms with Gasteiger partial charge in [0.05, 0.1) is 18.7 Å². The van der Waals surface area contributed by atoms with Gasteiger partial charge in [0.1, 0.15) is 12.2 Å². The van der Waals surface area contributed by atoms with E-state index in [1.165, 1.54) is 4.90 Å². The average molecular weight is 584 g/mol. The minimum absolute atomic E-state index is 0.0552. The molecule has 0 atom stereocenters. The highest BCUT2D eigenvalue weighted by molar-refractivity contribution is 6.35. The number of urea groups is 1. The van der Waals surface area contributed by atoms with E-state index in [-0.39, 0.29) is 18.5 Å². The lowest BCUT2D eigenvalue weighted by Crippen LogP contribution is -2.49. The predicted molar refractivity (Wildman–Crippen MR) is 163 cm³/mol. The number of hydrogen-bond donors (Lipinski definition) is 0. The highest BCUT2D eigenvalue weighted by Gasteiger charge is 2.28. The smallest absolute Gasteiger partial charge is 0.324 e. The summed E-state index contributed by atoms with van der Waals surface area (Å²) in [4.78, 5) is 35.7. The Hall–Kier alpha value is -3.46. The van der Waals surface area contributed by atoms with Crippen LogP contribution >= 0.6 is 11.6 Å². The maximum absolute atomic E-state index is 13.7. The largest absolute Gasteiger partial charge is 0.493 e. The highest BCUT2D eigenvalue weighted by Crippen LogP contribution is 2.34. The maximum atomic E-state index is 13.7. The van der Waals surface area contributed by atoms with Gasteiger partial charge in [-0.1, -0.05) is 32.4 Å². The number of unbranched alkanes of at least 4 members (excludes halogenated alkanes) is 1. The third kappa shape index (κ3) is 7.44. The van der Waals surface area contributed by atoms with Gasteiger partial charge in [0, 0.05) is 63.3 Å². The van der Waals surface area contributed by atoms with E-state index < -0.39 is 0 Å². The van der Waals surface area contributed by atoms with Gasteiger partial charge in [-0.2, -0.15) is 0 Å². The van der Waals surface area contributed by atoms with Crippen LogP contribution in [-0.4, -0.2) is 72.2 Å². The number of carbonyl (C=O) groups is 2. The summed E-state index contributed by atoms with van der Waals surface area (Å²) in [7, 11) is 5.06. The molecule has 0 bridgehead atoms. The number of nitrogens with zero attached hydrogens (tertiary/aromatic N) is 5. The first-order valence-electron chi connectivity index (χ1n) is 14.2. The molecule has 41 heavy (non-hydrogen) atoms. The number of methoxy groups -OCH3 is 1. The number of fused-ring (bicyclic) bond motifs is 1. The molecule has 1 aliphatic heterocycles. The van der Waals surface area contributed by atoms with Gasteiger partial charge in [-0.05, 0) is 54.9 Å². The van der Waals surface area contributed by atoms with E-state index in [4.69, 9.17) is 21.1 Å². The molecule has 9 nitrogen and oxygen atoms in total. The van der Waals surface area contributed by atoms with Crippen LogP contribution in [0.25, 0.3) is 11.0 Å². The van der Waals surface area contributed by atoms with Crippen molar-refractivity contribution in [3.8, 4) is 11.5 Å². The van der Waals surface area contributed by atoms with Gasteiger partial charge < -0.3 is 23.8 Å². The van der Waals surface area contributed by atoms with Crippen molar-refractivity contribution in [3.63, 3.8) is 0 Å². The van der Waals surface area contributed by atoms with Gasteiger partial charge in [-0.15, -0.1) is 0 Å². The van der Waals surface area contributed by atoms with Crippen molar-refractivity contribution in [1.82, 2.24) is 19.4 Å². The molecule has 1 saturated heterocycles. The highest BCUT2D eigenvalue weighted by atomic mass is 35.5. The molecule has 222 valence electrons. The summed E-state index contributed by atoms with van der Waals surface area (Å²) >= 11 is 6.63. The number of anilines is 1. The molecule has 0 spiro atoms. The first-order chi connectivity index (χ1) is 19.5. The normalized spacial score (nSPS) is 14.1. The quantitative estimate of drug-likeness (QED) is 0.251. The molecule has 3 aromatic rings. The lowest BCUT2D eigenvalue weighted by molar-refractivity contribution is -0.129. The van der Waals surface area contributed by atoms with E-state index >= 15 is 0 Å². The first-order valence-corrected chi connectivity index (χ1v) is 14.6. The number of ether oxygens (including phenoxy) is 2. The lowest BCUT2D eigenvalue weighted by atomic mass is 9.90. The monoisotopic (exact) mass is 583 g/mol. The fourth-order valence-corrected chi connectivity index (χ4v) is 5.35. The van der Waals surface area contributed by atoms with Crippen molar-refractivity contribution < 1.29 is 19.1 Å². The van der Waals surface area contributed by atoms with Crippen molar-refractivity contribution in [3.05, 3.63) is 47.2 Å². The third-order valence-electron chi connectivity index (χ3n) is 7.31. The van der Waals surface area contributed by atoms with E-state index in [0.29, 0.717) is 53.8 Å². The molecule has 3 heterocycles. The predicted octanol–water partition coefficient (Wildman–Crippen LogP) is 6.21. The zero-order valence-corrected chi connectivity index (χ0v) is 25.8. The molecular weight excluding hydrogens is 542 g/mol. The zero-order chi connectivity index (χ0) is 29.7. The Morgan fingerprint density at radius 1 is 1.12 bits per heavy atom. The number of hydrogen-bond acceptors (Lipinski definition) is 5. The van der Waals surface area contributed by atoms with Crippen LogP contribution in [-0.2, 0) is 17.9 Å². The number of rotatable bonds is 11. The first kappa shape index (κ1) is 30.5. The summed E-state index contributed by atoms with van der Waals surface area (Å²) in [6, 6.07) is 7.46. The van der Waals surface area contributed by atoms with Gasteiger partial charge in [-0.3, -0.25) is 9.69 Å². The number of benzene rings is 1. The SMILES string of the molecule is COc1ccc(N2CCCN(Cc3ccnc4c3c(Cl)cn4CC(=O)N(C)C)C2=O)cc1OCCCCC(C)(C)C. The van der Waals surface area contributed by atoms with Crippen molar-refractivity contribution in [2.75, 3.05) is 45.8 Å². The summed E-state index contributed by atoms with van der Waals surface area (Å²) in [5.74, 6) is 1.24. The molecule has 4 rings (SSSR count). The third-order valence-corrected chi connectivity index (χ3v) is 7.60. The number of amides is 3. The van der Waals surface area contributed by atoms with E-state index in [0.717, 1.165) is 42.3 Å². The maximum Gasteiger partial charge on any atom is 0.324 e. The Morgan fingerprint density at radius 3 is 2.61 bits per heavy atom. The minimum Gasteiger partial charge on any atom is -0.493 e. The Balaban J connectivity index is 1.49. The van der Waals surface area contributed by atoms with Gasteiger partial charge in [0.2, 0.25) is 5.91 Å². The summed E-state index contributed by atoms with van der Waals surface area (Å²) in [5, 5.41) is 1.27. The molecule has 10 heteroatoms. The Kier molecular flexibility index (Phi) is 9.68. The van der Waals surface area contributed by atoms with E-state index in [1.54, 1.807) is 43.1 Å². The molecule has 0 saturated carbocycles. The second-order valence-corrected chi connectivity index (χ2v) is 12.4. The van der Waals surface area contributed by atoms with Gasteiger partial charge in [-0.25, -0.2) is 9.78 Å². The van der Waals surface area contributed by atoms with Crippen LogP contribution in [0.15, 0.2) is 36.7 Å². The van der Waals surface area contributed by atoms with Crippen molar-refractivity contribution >= 4 is 40.3 Å². The molecule has 1 aromatic carbocycles. The number of likely N-dealkylation sites (N-methyl/N-ethyl adjacent to an activating group) is 1. The lowest BCUT2D eigenvalue weighted by Gasteiger charge is -2.36. The standard InChI is InChI=1S/C31H42ClN5O4/c1-31(2,3)13-7-8-17-41-26-18-23(10-11-25(26)40-6)37-16-9-15-35(30(37)39)19-22-12-14-33-29-28(22)24(32)20-36(29)21-27(38)34(4)5/h10-12,14,18,20H,7-9,13,15-17,19,21H2,1-6H3. The molecule has 1 aliphatic rings. The summed E-state index contributed by atoms with van der Waals surface area (Å²) in [6.07, 6.45) is 7.43. The van der Waals surface area contributed by atoms with Crippen LogP contribution < -0.4 is 14.4 Å². The van der Waals surface area contributed by atoms with E-state index in [2.05, 4.69) is 25.8 Å². The molecular formula is C31H42ClN5O4. The van der Waals surface area contributed by atoms with Crippen molar-refractivity contribution in [1.29, 1.82) is 0 Å². The van der Waals surface area contributed by atoms with Gasteiger partial charge in [0.25, 0.3) is 0 Å². The Morgan fingerprint density at radius 2 is 1.90 bits per heavy atom. The van der Waals surface area contributed by atoms with Crippen LogP contribution in [0, 0.1) is 5.41 Å². The zero-order valence-electron chi connectivity index (χ0n) is 25.1. The van der Waals surface area contributed by atoms with Crippen molar-refractivity contribution in [2.45, 2.75) is 59.5 Å². The topological polar surface area (TPSA) is 80.1 Å². The van der Waals surface area contributed by atoms with Crippen molar-refractivity contribution in [2.24, 2.45) is 5.41 Å². The van der Waals surface area contributed by atoms with Crippen LogP contribution in [0.5, 0.6) is 11.5 Å². The number of pyridine rings is 1. The second kappa shape index (κ2) is 13.0. The molecule has 0 radical (unpaired) electrons. The molecule has 0 aliphatic carbocycles. The van der Waals surface area contributed by atoms with Crippen LogP contribution in [0.2, 0.25) is 5.02 Å². The second-order valence-electron chi connectivity index (χ2n) is 12.0. The Bertz CT molecular complexity index is 1380. The minimum atomic E-state index is -0.0825. The Labute approximate surface area is 248 Å². The van der Waals surface area contributed by atoms with Crippen LogP contribution in [0.1, 0.15) is 52.0 Å². The molecule has 0 N–H and O–H groups in total. The summed E-state index contributed by atoms with van der Waals surface area (Å²) in [6.45, 7) is 9.09. The van der Waals surface area contributed by atoms with Gasteiger partial charge >= 0.3 is 6.03 Å². The average Bonchev–Trinajstić information content (AvgIpc) is 3.24. The van der Waals surface area contributed by atoms with E-state index in [9.17, 15) is 9.59 Å². The van der Waals surface area contributed by atoms with E-state index in [1.807, 2.05) is 29.2 Å². The fourth-order valence-electron chi connectivity index (χ4n) is 5.03. The molecule has 3 amide bonds.